The van der Waals surface area contributed by atoms with E-state index in [0.717, 1.165) is 26.3 Å². The molecule has 1 nitrogen and oxygen atoms in total. The molecule has 0 aliphatic heterocycles. The van der Waals surface area contributed by atoms with Crippen molar-refractivity contribution in [2.45, 2.75) is 13.3 Å². The van der Waals surface area contributed by atoms with Gasteiger partial charge in [0.1, 0.15) is 5.75 Å². The number of benzene rings is 2. The van der Waals surface area contributed by atoms with Crippen LogP contribution in [0.15, 0.2) is 42.5 Å². The van der Waals surface area contributed by atoms with Gasteiger partial charge in [-0.05, 0) is 53.1 Å². The Hall–Kier alpha value is -0.740. The van der Waals surface area contributed by atoms with Gasteiger partial charge in [0.25, 0.3) is 0 Å². The van der Waals surface area contributed by atoms with E-state index in [4.69, 9.17) is 16.3 Å². The Morgan fingerprint density at radius 2 is 1.89 bits per heavy atom. The van der Waals surface area contributed by atoms with E-state index < -0.39 is 0 Å². The van der Waals surface area contributed by atoms with Crippen molar-refractivity contribution >= 4 is 34.2 Å². The van der Waals surface area contributed by atoms with Gasteiger partial charge < -0.3 is 4.74 Å². The van der Waals surface area contributed by atoms with Crippen LogP contribution in [0.1, 0.15) is 18.1 Å². The lowest BCUT2D eigenvalue weighted by atomic mass is 10.1. The normalized spacial score (nSPS) is 10.4. The molecule has 0 aliphatic rings. The van der Waals surface area contributed by atoms with Crippen molar-refractivity contribution in [1.29, 1.82) is 0 Å². The summed E-state index contributed by atoms with van der Waals surface area (Å²) in [5.41, 5.74) is 2.40. The lowest BCUT2D eigenvalue weighted by molar-refractivity contribution is 0.338. The van der Waals surface area contributed by atoms with Gasteiger partial charge in [0.2, 0.25) is 0 Å². The number of hydrogen-bond donors (Lipinski definition) is 0. The SMILES string of the molecule is CCOc1cc(Cl)c(Cc2ccccc2)cc1I. The Bertz CT molecular complexity index is 526. The third-order valence-corrected chi connectivity index (χ3v) is 3.83. The average molecular weight is 373 g/mol. The Labute approximate surface area is 126 Å². The first-order valence-electron chi connectivity index (χ1n) is 5.85. The second kappa shape index (κ2) is 6.43. The smallest absolute Gasteiger partial charge is 0.134 e. The van der Waals surface area contributed by atoms with E-state index in [-0.39, 0.29) is 0 Å². The fraction of sp³-hybridized carbons (Fsp3) is 0.200. The van der Waals surface area contributed by atoms with Gasteiger partial charge in [0.05, 0.1) is 10.2 Å². The lowest BCUT2D eigenvalue weighted by Gasteiger charge is -2.10. The summed E-state index contributed by atoms with van der Waals surface area (Å²) in [5.74, 6) is 0.861. The van der Waals surface area contributed by atoms with Crippen LogP contribution in [0.25, 0.3) is 0 Å². The number of rotatable bonds is 4. The molecule has 0 fully saturated rings. The van der Waals surface area contributed by atoms with Crippen LogP contribution in [0.5, 0.6) is 5.75 Å². The van der Waals surface area contributed by atoms with Crippen LogP contribution in [0.3, 0.4) is 0 Å². The van der Waals surface area contributed by atoms with Gasteiger partial charge in [0, 0.05) is 11.1 Å². The summed E-state index contributed by atoms with van der Waals surface area (Å²) < 4.78 is 6.63. The van der Waals surface area contributed by atoms with Crippen LogP contribution in [-0.4, -0.2) is 6.61 Å². The molecule has 0 aliphatic carbocycles. The average Bonchev–Trinajstić information content (AvgIpc) is 2.37. The molecule has 0 bridgehead atoms. The summed E-state index contributed by atoms with van der Waals surface area (Å²) >= 11 is 8.59. The van der Waals surface area contributed by atoms with Gasteiger partial charge in [-0.1, -0.05) is 41.9 Å². The van der Waals surface area contributed by atoms with E-state index in [1.165, 1.54) is 5.56 Å². The standard InChI is InChI=1S/C15H14ClIO/c1-2-18-15-10-13(16)12(9-14(15)17)8-11-6-4-3-5-7-11/h3-7,9-10H,2,8H2,1H3. The topological polar surface area (TPSA) is 9.23 Å². The maximum absolute atomic E-state index is 6.30. The van der Waals surface area contributed by atoms with Crippen molar-refractivity contribution in [1.82, 2.24) is 0 Å². The van der Waals surface area contributed by atoms with Crippen molar-refractivity contribution in [3.05, 3.63) is 62.2 Å². The first-order valence-corrected chi connectivity index (χ1v) is 7.31. The second-order valence-corrected chi connectivity index (χ2v) is 5.54. The van der Waals surface area contributed by atoms with Gasteiger partial charge in [0.15, 0.2) is 0 Å². The second-order valence-electron chi connectivity index (χ2n) is 3.97. The Balaban J connectivity index is 2.27. The molecule has 0 saturated heterocycles. The number of halogens is 2. The largest absolute Gasteiger partial charge is 0.493 e. The van der Waals surface area contributed by atoms with E-state index in [1.807, 2.05) is 31.2 Å². The summed E-state index contributed by atoms with van der Waals surface area (Å²) in [5, 5.41) is 0.766. The van der Waals surface area contributed by atoms with Gasteiger partial charge in [-0.25, -0.2) is 0 Å². The quantitative estimate of drug-likeness (QED) is 0.691. The Morgan fingerprint density at radius 1 is 1.17 bits per heavy atom. The minimum absolute atomic E-state index is 0.657. The third-order valence-electron chi connectivity index (χ3n) is 2.64. The third kappa shape index (κ3) is 3.39. The van der Waals surface area contributed by atoms with Crippen LogP contribution in [-0.2, 0) is 6.42 Å². The molecule has 0 atom stereocenters. The molecule has 94 valence electrons. The van der Waals surface area contributed by atoms with E-state index in [0.29, 0.717) is 6.61 Å². The van der Waals surface area contributed by atoms with Gasteiger partial charge in [-0.3, -0.25) is 0 Å². The fourth-order valence-electron chi connectivity index (χ4n) is 1.79. The zero-order chi connectivity index (χ0) is 13.0. The van der Waals surface area contributed by atoms with Crippen LogP contribution >= 0.6 is 34.2 Å². The summed E-state index contributed by atoms with van der Waals surface area (Å²) in [6.07, 6.45) is 0.849. The zero-order valence-electron chi connectivity index (χ0n) is 10.1. The summed E-state index contributed by atoms with van der Waals surface area (Å²) in [6.45, 7) is 2.63. The number of hydrogen-bond acceptors (Lipinski definition) is 1. The van der Waals surface area contributed by atoms with Crippen molar-refractivity contribution in [2.24, 2.45) is 0 Å². The van der Waals surface area contributed by atoms with Crippen molar-refractivity contribution in [3.8, 4) is 5.75 Å². The molecular formula is C15H14ClIO. The highest BCUT2D eigenvalue weighted by Gasteiger charge is 2.08. The predicted molar refractivity (Wildman–Crippen MR) is 84.6 cm³/mol. The van der Waals surface area contributed by atoms with Crippen molar-refractivity contribution in [3.63, 3.8) is 0 Å². The molecule has 0 spiro atoms. The number of ether oxygens (including phenoxy) is 1. The molecule has 0 heterocycles. The lowest BCUT2D eigenvalue weighted by Crippen LogP contribution is -1.97. The van der Waals surface area contributed by atoms with Crippen molar-refractivity contribution in [2.75, 3.05) is 6.61 Å². The maximum Gasteiger partial charge on any atom is 0.134 e. The molecule has 18 heavy (non-hydrogen) atoms. The molecular weight excluding hydrogens is 359 g/mol. The Kier molecular flexibility index (Phi) is 4.89. The Morgan fingerprint density at radius 3 is 2.56 bits per heavy atom. The first-order chi connectivity index (χ1) is 8.70. The van der Waals surface area contributed by atoms with E-state index in [1.54, 1.807) is 0 Å². The highest BCUT2D eigenvalue weighted by Crippen LogP contribution is 2.30. The van der Waals surface area contributed by atoms with Gasteiger partial charge in [-0.15, -0.1) is 0 Å². The van der Waals surface area contributed by atoms with Crippen LogP contribution < -0.4 is 4.74 Å². The van der Waals surface area contributed by atoms with E-state index >= 15 is 0 Å². The van der Waals surface area contributed by atoms with Crippen LogP contribution in [0, 0.1) is 3.57 Å². The molecule has 2 rings (SSSR count). The van der Waals surface area contributed by atoms with E-state index in [2.05, 4.69) is 40.8 Å². The van der Waals surface area contributed by atoms with E-state index in [9.17, 15) is 0 Å². The summed E-state index contributed by atoms with van der Waals surface area (Å²) in [7, 11) is 0. The minimum Gasteiger partial charge on any atom is -0.493 e. The maximum atomic E-state index is 6.30. The molecule has 0 unspecified atom stereocenters. The fourth-order valence-corrected chi connectivity index (χ4v) is 2.69. The summed E-state index contributed by atoms with van der Waals surface area (Å²) in [6, 6.07) is 14.3. The molecule has 0 radical (unpaired) electrons. The van der Waals surface area contributed by atoms with Gasteiger partial charge in [-0.2, -0.15) is 0 Å². The first kappa shape index (κ1) is 13.7. The minimum atomic E-state index is 0.657. The highest BCUT2D eigenvalue weighted by atomic mass is 127. The van der Waals surface area contributed by atoms with Crippen LogP contribution in [0.4, 0.5) is 0 Å². The molecule has 2 aromatic rings. The van der Waals surface area contributed by atoms with Crippen LogP contribution in [0.2, 0.25) is 5.02 Å². The molecule has 3 heteroatoms. The molecule has 2 aromatic carbocycles. The van der Waals surface area contributed by atoms with Crippen molar-refractivity contribution < 1.29 is 4.74 Å². The van der Waals surface area contributed by atoms with Gasteiger partial charge >= 0.3 is 0 Å². The monoisotopic (exact) mass is 372 g/mol. The molecule has 0 amide bonds. The zero-order valence-corrected chi connectivity index (χ0v) is 13.0. The highest BCUT2D eigenvalue weighted by molar-refractivity contribution is 14.1. The molecule has 0 N–H and O–H groups in total. The summed E-state index contributed by atoms with van der Waals surface area (Å²) in [4.78, 5) is 0. The predicted octanol–water partition coefficient (Wildman–Crippen LogP) is 4.93. The molecule has 0 saturated carbocycles. The molecule has 0 aromatic heterocycles.